The molecule has 0 saturated heterocycles. The fraction of sp³-hybridized carbons (Fsp3) is 0.571. The van der Waals surface area contributed by atoms with Gasteiger partial charge in [-0.05, 0) is 17.0 Å². The number of nitrogens with two attached hydrogens (primary N) is 1. The lowest BCUT2D eigenvalue weighted by atomic mass is 10.00. The molecule has 18 heavy (non-hydrogen) atoms. The van der Waals surface area contributed by atoms with E-state index in [4.69, 9.17) is 10.5 Å². The summed E-state index contributed by atoms with van der Waals surface area (Å²) in [6.45, 7) is 4.84. The Kier molecular flexibility index (Phi) is 6.54. The molecule has 4 heteroatoms. The lowest BCUT2D eigenvalue weighted by Gasteiger charge is -2.13. The molecule has 0 heterocycles. The summed E-state index contributed by atoms with van der Waals surface area (Å²) in [5.41, 5.74) is 8.40. The highest BCUT2D eigenvalue weighted by Gasteiger charge is 2.10. The molecule has 0 spiro atoms. The zero-order valence-electron chi connectivity index (χ0n) is 11.4. The molecule has 2 atom stereocenters. The van der Waals surface area contributed by atoms with Crippen LogP contribution in [0, 0.1) is 0 Å². The summed E-state index contributed by atoms with van der Waals surface area (Å²) in [6.07, 6.45) is 0. The largest absolute Gasteiger partial charge is 0.384 e. The first-order valence-corrected chi connectivity index (χ1v) is 7.72. The second-order valence-electron chi connectivity index (χ2n) is 4.73. The predicted octanol–water partition coefficient (Wildman–Crippen LogP) is 2.20. The second-order valence-corrected chi connectivity index (χ2v) is 6.35. The molecule has 0 saturated carbocycles. The van der Waals surface area contributed by atoms with Crippen LogP contribution in [-0.4, -0.2) is 29.4 Å². The van der Waals surface area contributed by atoms with Gasteiger partial charge in [0.05, 0.1) is 6.61 Å². The lowest BCUT2D eigenvalue weighted by molar-refractivity contribution is 0.218. The van der Waals surface area contributed by atoms with Gasteiger partial charge in [-0.3, -0.25) is 4.21 Å². The van der Waals surface area contributed by atoms with Crippen molar-refractivity contribution in [3.63, 3.8) is 0 Å². The van der Waals surface area contributed by atoms with E-state index in [1.807, 2.05) is 12.1 Å². The van der Waals surface area contributed by atoms with Crippen LogP contribution in [-0.2, 0) is 15.5 Å². The Balaban J connectivity index is 2.56. The molecule has 0 bridgehead atoms. The first-order chi connectivity index (χ1) is 8.54. The molecule has 1 rings (SSSR count). The molecule has 0 amide bonds. The Labute approximate surface area is 112 Å². The Bertz CT molecular complexity index is 376. The van der Waals surface area contributed by atoms with Crippen LogP contribution >= 0.6 is 0 Å². The number of methoxy groups -OCH3 is 1. The van der Waals surface area contributed by atoms with Crippen molar-refractivity contribution in [2.75, 3.05) is 25.2 Å². The van der Waals surface area contributed by atoms with Crippen LogP contribution in [0.1, 0.15) is 36.9 Å². The summed E-state index contributed by atoms with van der Waals surface area (Å²) in [7, 11) is 0.698. The van der Waals surface area contributed by atoms with Crippen molar-refractivity contribution in [2.24, 2.45) is 5.73 Å². The van der Waals surface area contributed by atoms with E-state index in [1.54, 1.807) is 7.11 Å². The van der Waals surface area contributed by atoms with Crippen molar-refractivity contribution in [1.29, 1.82) is 0 Å². The first-order valence-electron chi connectivity index (χ1n) is 6.24. The van der Waals surface area contributed by atoms with Gasteiger partial charge in [-0.2, -0.15) is 0 Å². The molecule has 0 aliphatic carbocycles. The van der Waals surface area contributed by atoms with Gasteiger partial charge >= 0.3 is 0 Å². The quantitative estimate of drug-likeness (QED) is 0.825. The van der Waals surface area contributed by atoms with Crippen molar-refractivity contribution < 1.29 is 8.95 Å². The smallest absolute Gasteiger partial charge is 0.0577 e. The highest BCUT2D eigenvalue weighted by Crippen LogP contribution is 2.18. The van der Waals surface area contributed by atoms with E-state index < -0.39 is 10.8 Å². The Morgan fingerprint density at radius 3 is 2.28 bits per heavy atom. The Morgan fingerprint density at radius 1 is 1.22 bits per heavy atom. The van der Waals surface area contributed by atoms with Gasteiger partial charge in [0, 0.05) is 35.5 Å². The normalized spacial score (nSPS) is 14.7. The molecule has 0 radical (unpaired) electrons. The highest BCUT2D eigenvalue weighted by atomic mass is 32.2. The van der Waals surface area contributed by atoms with Gasteiger partial charge in [0.1, 0.15) is 0 Å². The van der Waals surface area contributed by atoms with E-state index in [0.29, 0.717) is 24.0 Å². The third-order valence-corrected chi connectivity index (χ3v) is 4.26. The van der Waals surface area contributed by atoms with Crippen LogP contribution in [0.4, 0.5) is 0 Å². The zero-order chi connectivity index (χ0) is 13.5. The number of hydrogen-bond acceptors (Lipinski definition) is 3. The summed E-state index contributed by atoms with van der Waals surface area (Å²) in [6, 6.07) is 8.10. The van der Waals surface area contributed by atoms with Gasteiger partial charge in [0.2, 0.25) is 0 Å². The van der Waals surface area contributed by atoms with Crippen LogP contribution < -0.4 is 5.73 Å². The fourth-order valence-corrected chi connectivity index (χ4v) is 2.80. The van der Waals surface area contributed by atoms with Crippen molar-refractivity contribution in [2.45, 2.75) is 25.8 Å². The zero-order valence-corrected chi connectivity index (χ0v) is 12.2. The minimum atomic E-state index is -0.915. The van der Waals surface area contributed by atoms with Crippen molar-refractivity contribution in [3.05, 3.63) is 35.4 Å². The number of ether oxygens (including phenoxy) is 1. The van der Waals surface area contributed by atoms with Gasteiger partial charge in [0.25, 0.3) is 0 Å². The summed E-state index contributed by atoms with van der Waals surface area (Å²) >= 11 is 0. The highest BCUT2D eigenvalue weighted by molar-refractivity contribution is 7.85. The predicted molar refractivity (Wildman–Crippen MR) is 77.2 cm³/mol. The maximum Gasteiger partial charge on any atom is 0.0577 e. The minimum Gasteiger partial charge on any atom is -0.384 e. The average Bonchev–Trinajstić information content (AvgIpc) is 2.36. The molecule has 3 nitrogen and oxygen atoms in total. The Morgan fingerprint density at radius 2 is 1.78 bits per heavy atom. The molecule has 2 unspecified atom stereocenters. The van der Waals surface area contributed by atoms with E-state index in [9.17, 15) is 4.21 Å². The molecule has 102 valence electrons. The number of benzene rings is 1. The standard InChI is InChI=1S/C14H23NO2S/c1-11(2)12-4-6-13(7-5-12)14(15)10-18(16)9-8-17-3/h4-7,11,14H,8-10,15H2,1-3H3. The molecular weight excluding hydrogens is 246 g/mol. The van der Waals surface area contributed by atoms with Crippen molar-refractivity contribution in [3.8, 4) is 0 Å². The fourth-order valence-electron chi connectivity index (χ4n) is 1.68. The van der Waals surface area contributed by atoms with Gasteiger partial charge in [-0.25, -0.2) is 0 Å². The van der Waals surface area contributed by atoms with Crippen molar-refractivity contribution >= 4 is 10.8 Å². The maximum absolute atomic E-state index is 11.7. The van der Waals surface area contributed by atoms with E-state index >= 15 is 0 Å². The molecule has 1 aromatic rings. The molecule has 0 fully saturated rings. The second kappa shape index (κ2) is 7.67. The summed E-state index contributed by atoms with van der Waals surface area (Å²) in [5.74, 6) is 1.56. The molecule has 0 aliphatic rings. The van der Waals surface area contributed by atoms with E-state index in [1.165, 1.54) is 5.56 Å². The van der Waals surface area contributed by atoms with E-state index in [0.717, 1.165) is 5.56 Å². The molecule has 0 aliphatic heterocycles. The topological polar surface area (TPSA) is 52.3 Å². The summed E-state index contributed by atoms with van der Waals surface area (Å²) in [5, 5.41) is 0. The summed E-state index contributed by atoms with van der Waals surface area (Å²) < 4.78 is 16.6. The SMILES string of the molecule is COCCS(=O)CC(N)c1ccc(C(C)C)cc1. The van der Waals surface area contributed by atoms with E-state index in [2.05, 4.69) is 26.0 Å². The minimum absolute atomic E-state index is 0.163. The number of rotatable bonds is 7. The lowest BCUT2D eigenvalue weighted by Crippen LogP contribution is -2.20. The molecule has 1 aromatic carbocycles. The van der Waals surface area contributed by atoms with Crippen LogP contribution in [0.25, 0.3) is 0 Å². The van der Waals surface area contributed by atoms with Gasteiger partial charge in [0.15, 0.2) is 0 Å². The van der Waals surface area contributed by atoms with Crippen LogP contribution in [0.3, 0.4) is 0 Å². The Hall–Kier alpha value is -0.710. The van der Waals surface area contributed by atoms with Gasteiger partial charge < -0.3 is 10.5 Å². The maximum atomic E-state index is 11.7. The van der Waals surface area contributed by atoms with Crippen molar-refractivity contribution in [1.82, 2.24) is 0 Å². The van der Waals surface area contributed by atoms with Crippen LogP contribution in [0.5, 0.6) is 0 Å². The molecule has 0 aromatic heterocycles. The van der Waals surface area contributed by atoms with Crippen LogP contribution in [0.15, 0.2) is 24.3 Å². The summed E-state index contributed by atoms with van der Waals surface area (Å²) in [4.78, 5) is 0. The van der Waals surface area contributed by atoms with Gasteiger partial charge in [-0.1, -0.05) is 38.1 Å². The monoisotopic (exact) mass is 269 g/mol. The third kappa shape index (κ3) is 4.88. The van der Waals surface area contributed by atoms with Gasteiger partial charge in [-0.15, -0.1) is 0 Å². The number of hydrogen-bond donors (Lipinski definition) is 1. The van der Waals surface area contributed by atoms with Crippen LogP contribution in [0.2, 0.25) is 0 Å². The average molecular weight is 269 g/mol. The molecule has 2 N–H and O–H groups in total. The van der Waals surface area contributed by atoms with E-state index in [-0.39, 0.29) is 6.04 Å². The first kappa shape index (κ1) is 15.3. The third-order valence-electron chi connectivity index (χ3n) is 2.91. The molecular formula is C14H23NO2S.